The molecular weight excluding hydrogens is 366 g/mol. The molecule has 8 heteroatoms. The lowest BCUT2D eigenvalue weighted by Crippen LogP contribution is -1.99. The number of hydrogen-bond acceptors (Lipinski definition) is 7. The first-order valence-corrected chi connectivity index (χ1v) is 9.00. The zero-order valence-electron chi connectivity index (χ0n) is 14.4. The van der Waals surface area contributed by atoms with E-state index in [2.05, 4.69) is 21.2 Å². The Kier molecular flexibility index (Phi) is 4.55. The molecule has 0 aliphatic carbocycles. The van der Waals surface area contributed by atoms with Crippen molar-refractivity contribution in [1.29, 1.82) is 0 Å². The van der Waals surface area contributed by atoms with Crippen LogP contribution in [0.1, 0.15) is 16.8 Å². The van der Waals surface area contributed by atoms with Crippen LogP contribution < -0.4 is 4.74 Å². The van der Waals surface area contributed by atoms with Crippen LogP contribution in [0.25, 0.3) is 21.3 Å². The fourth-order valence-electron chi connectivity index (χ4n) is 2.76. The molecule has 1 N–H and O–H groups in total. The van der Waals surface area contributed by atoms with E-state index in [1.165, 1.54) is 11.3 Å². The van der Waals surface area contributed by atoms with Gasteiger partial charge in [0, 0.05) is 0 Å². The molecule has 4 rings (SSSR count). The number of carboxylic acids is 1. The van der Waals surface area contributed by atoms with E-state index in [4.69, 9.17) is 14.3 Å². The van der Waals surface area contributed by atoms with Crippen LogP contribution in [0.15, 0.2) is 46.9 Å². The number of rotatable bonds is 6. The average Bonchev–Trinajstić information content (AvgIpc) is 3.27. The minimum absolute atomic E-state index is 0.0857. The molecule has 0 spiro atoms. The van der Waals surface area contributed by atoms with E-state index in [9.17, 15) is 4.79 Å². The summed E-state index contributed by atoms with van der Waals surface area (Å²) in [7, 11) is 1.62. The number of aliphatic carboxylic acids is 1. The fraction of sp³-hybridized carbons (Fsp3) is 0.158. The number of methoxy groups -OCH3 is 1. The van der Waals surface area contributed by atoms with Gasteiger partial charge in [-0.25, -0.2) is 4.98 Å². The summed E-state index contributed by atoms with van der Waals surface area (Å²) in [5.74, 6) is 0.115. The van der Waals surface area contributed by atoms with Crippen molar-refractivity contribution in [2.24, 2.45) is 0 Å². The lowest BCUT2D eigenvalue weighted by Gasteiger charge is -2.05. The molecule has 0 aliphatic heterocycles. The van der Waals surface area contributed by atoms with Crippen molar-refractivity contribution in [2.75, 3.05) is 7.11 Å². The zero-order valence-corrected chi connectivity index (χ0v) is 15.2. The van der Waals surface area contributed by atoms with Crippen molar-refractivity contribution in [3.8, 4) is 16.9 Å². The largest absolute Gasteiger partial charge is 0.494 e. The fourth-order valence-corrected chi connectivity index (χ4v) is 3.78. The lowest BCUT2D eigenvalue weighted by molar-refractivity contribution is -0.136. The van der Waals surface area contributed by atoms with Gasteiger partial charge in [0.1, 0.15) is 22.7 Å². The average molecular weight is 381 g/mol. The van der Waals surface area contributed by atoms with E-state index >= 15 is 0 Å². The first kappa shape index (κ1) is 17.2. The Bertz CT molecular complexity index is 1100. The van der Waals surface area contributed by atoms with E-state index in [1.54, 1.807) is 7.11 Å². The summed E-state index contributed by atoms with van der Waals surface area (Å²) in [6.07, 6.45) is 0.0525. The molecule has 0 radical (unpaired) electrons. The Labute approximate surface area is 158 Å². The molecule has 0 unspecified atom stereocenters. The zero-order chi connectivity index (χ0) is 18.8. The van der Waals surface area contributed by atoms with Crippen LogP contribution in [-0.2, 0) is 17.6 Å². The third-order valence-electron chi connectivity index (χ3n) is 3.94. The van der Waals surface area contributed by atoms with Gasteiger partial charge in [0.2, 0.25) is 11.8 Å². The molecule has 0 fully saturated rings. The quantitative estimate of drug-likeness (QED) is 0.545. The molecule has 7 nitrogen and oxygen atoms in total. The molecule has 2 heterocycles. The minimum Gasteiger partial charge on any atom is -0.494 e. The van der Waals surface area contributed by atoms with Gasteiger partial charge in [-0.3, -0.25) is 4.79 Å². The second-order valence-electron chi connectivity index (χ2n) is 5.84. The summed E-state index contributed by atoms with van der Waals surface area (Å²) in [4.78, 5) is 15.4. The Morgan fingerprint density at radius 1 is 1.15 bits per heavy atom. The summed E-state index contributed by atoms with van der Waals surface area (Å²) in [5.41, 5.74) is 2.93. The summed E-state index contributed by atoms with van der Waals surface area (Å²) in [6, 6.07) is 14.1. The molecule has 2 aromatic heterocycles. The number of fused-ring (bicyclic) bond motifs is 1. The number of thiazole rings is 1. The lowest BCUT2D eigenvalue weighted by atomic mass is 10.1. The molecule has 0 bridgehead atoms. The van der Waals surface area contributed by atoms with Gasteiger partial charge in [-0.15, -0.1) is 21.5 Å². The number of hydrogen-bond donors (Lipinski definition) is 1. The molecule has 4 aromatic rings. The first-order valence-electron chi connectivity index (χ1n) is 8.18. The SMILES string of the molecule is COc1cc(-c2ccccc2)cc2sc(Cc3nnc(CC(=O)O)o3)nc12. The van der Waals surface area contributed by atoms with Gasteiger partial charge in [-0.1, -0.05) is 30.3 Å². The smallest absolute Gasteiger partial charge is 0.312 e. The van der Waals surface area contributed by atoms with Crippen molar-refractivity contribution < 1.29 is 19.1 Å². The maximum Gasteiger partial charge on any atom is 0.312 e. The Balaban J connectivity index is 1.67. The van der Waals surface area contributed by atoms with Crippen LogP contribution in [0.4, 0.5) is 0 Å². The molecule has 0 amide bonds. The summed E-state index contributed by atoms with van der Waals surface area (Å²) < 4.78 is 11.9. The van der Waals surface area contributed by atoms with Crippen LogP contribution in [0.2, 0.25) is 0 Å². The number of ether oxygens (including phenoxy) is 1. The number of carboxylic acid groups (broad SMARTS) is 1. The van der Waals surface area contributed by atoms with Crippen LogP contribution in [0.3, 0.4) is 0 Å². The van der Waals surface area contributed by atoms with E-state index < -0.39 is 5.97 Å². The standard InChI is InChI=1S/C19H15N3O4S/c1-25-13-7-12(11-5-3-2-4-6-11)8-14-19(13)20-17(27-14)9-15-21-22-16(26-15)10-18(23)24/h2-8H,9-10H2,1H3,(H,23,24). The van der Waals surface area contributed by atoms with Gasteiger partial charge in [0.25, 0.3) is 0 Å². The molecule has 0 saturated heterocycles. The highest BCUT2D eigenvalue weighted by Gasteiger charge is 2.15. The minimum atomic E-state index is -1.01. The highest BCUT2D eigenvalue weighted by atomic mass is 32.1. The molecule has 136 valence electrons. The van der Waals surface area contributed by atoms with E-state index in [-0.39, 0.29) is 12.3 Å². The normalized spacial score (nSPS) is 11.0. The van der Waals surface area contributed by atoms with Gasteiger partial charge in [-0.05, 0) is 23.3 Å². The van der Waals surface area contributed by atoms with Gasteiger partial charge >= 0.3 is 5.97 Å². The predicted octanol–water partition coefficient (Wildman–Crippen LogP) is 3.57. The van der Waals surface area contributed by atoms with Crippen LogP contribution >= 0.6 is 11.3 Å². The van der Waals surface area contributed by atoms with E-state index in [1.807, 2.05) is 36.4 Å². The Morgan fingerprint density at radius 3 is 2.67 bits per heavy atom. The van der Waals surface area contributed by atoms with Crippen molar-refractivity contribution in [3.05, 3.63) is 59.3 Å². The molecule has 0 atom stereocenters. The van der Waals surface area contributed by atoms with Gasteiger partial charge in [-0.2, -0.15) is 0 Å². The molecule has 2 aromatic carbocycles. The maximum atomic E-state index is 10.7. The monoisotopic (exact) mass is 381 g/mol. The topological polar surface area (TPSA) is 98.3 Å². The highest BCUT2D eigenvalue weighted by molar-refractivity contribution is 7.18. The van der Waals surface area contributed by atoms with Gasteiger partial charge in [0.05, 0.1) is 18.2 Å². The molecule has 0 saturated carbocycles. The van der Waals surface area contributed by atoms with Crippen molar-refractivity contribution >= 4 is 27.5 Å². The van der Waals surface area contributed by atoms with Crippen molar-refractivity contribution in [1.82, 2.24) is 15.2 Å². The second-order valence-corrected chi connectivity index (χ2v) is 6.95. The van der Waals surface area contributed by atoms with E-state index in [0.717, 1.165) is 26.4 Å². The number of nitrogens with zero attached hydrogens (tertiary/aromatic N) is 3. The number of benzene rings is 2. The van der Waals surface area contributed by atoms with Crippen molar-refractivity contribution in [2.45, 2.75) is 12.8 Å². The Morgan fingerprint density at radius 2 is 1.93 bits per heavy atom. The predicted molar refractivity (Wildman–Crippen MR) is 100 cm³/mol. The summed E-state index contributed by atoms with van der Waals surface area (Å²) in [5, 5.41) is 17.2. The van der Waals surface area contributed by atoms with Crippen LogP contribution in [0.5, 0.6) is 5.75 Å². The van der Waals surface area contributed by atoms with Gasteiger partial charge < -0.3 is 14.3 Å². The van der Waals surface area contributed by atoms with Crippen molar-refractivity contribution in [3.63, 3.8) is 0 Å². The maximum absolute atomic E-state index is 10.7. The number of aromatic nitrogens is 3. The summed E-state index contributed by atoms with van der Waals surface area (Å²) in [6.45, 7) is 0. The number of carbonyl (C=O) groups is 1. The summed E-state index contributed by atoms with van der Waals surface area (Å²) >= 11 is 1.52. The van der Waals surface area contributed by atoms with Crippen LogP contribution in [-0.4, -0.2) is 33.4 Å². The second kappa shape index (κ2) is 7.16. The van der Waals surface area contributed by atoms with Crippen LogP contribution in [0, 0.1) is 0 Å². The third-order valence-corrected chi connectivity index (χ3v) is 4.95. The molecule has 0 aliphatic rings. The molecule has 27 heavy (non-hydrogen) atoms. The van der Waals surface area contributed by atoms with Gasteiger partial charge in [0.15, 0.2) is 0 Å². The third kappa shape index (κ3) is 3.65. The molecular formula is C19H15N3O4S. The highest BCUT2D eigenvalue weighted by Crippen LogP contribution is 2.35. The first-order chi connectivity index (χ1) is 13.1. The Hall–Kier alpha value is -3.26. The van der Waals surface area contributed by atoms with E-state index in [0.29, 0.717) is 18.1 Å².